The molecular formula is C30H35FN2O3. The minimum absolute atomic E-state index is 0.00432. The second-order valence-electron chi connectivity index (χ2n) is 9.85. The summed E-state index contributed by atoms with van der Waals surface area (Å²) in [6.07, 6.45) is -0.181. The van der Waals surface area contributed by atoms with Gasteiger partial charge in [0, 0.05) is 31.1 Å². The molecule has 3 aromatic carbocycles. The van der Waals surface area contributed by atoms with Crippen LogP contribution in [-0.2, 0) is 17.9 Å². The zero-order valence-electron chi connectivity index (χ0n) is 21.2. The number of aliphatic hydroxyl groups excluding tert-OH is 1. The predicted molar refractivity (Wildman–Crippen MR) is 140 cm³/mol. The lowest BCUT2D eigenvalue weighted by molar-refractivity contribution is -0.0241. The molecule has 0 aromatic heterocycles. The summed E-state index contributed by atoms with van der Waals surface area (Å²) in [7, 11) is 2.00. The first-order valence-corrected chi connectivity index (χ1v) is 12.5. The van der Waals surface area contributed by atoms with Crippen LogP contribution in [0.4, 0.5) is 4.39 Å². The Labute approximate surface area is 213 Å². The Morgan fingerprint density at radius 2 is 1.75 bits per heavy atom. The van der Waals surface area contributed by atoms with E-state index in [0.29, 0.717) is 31.8 Å². The van der Waals surface area contributed by atoms with Crippen LogP contribution in [0.5, 0.6) is 0 Å². The van der Waals surface area contributed by atoms with Crippen LogP contribution >= 0.6 is 0 Å². The monoisotopic (exact) mass is 490 g/mol. The highest BCUT2D eigenvalue weighted by atomic mass is 19.1. The lowest BCUT2D eigenvalue weighted by Gasteiger charge is -2.35. The molecule has 3 aromatic rings. The predicted octanol–water partition coefficient (Wildman–Crippen LogP) is 4.98. The first-order valence-electron chi connectivity index (χ1n) is 12.5. The van der Waals surface area contributed by atoms with Gasteiger partial charge in [-0.05, 0) is 54.4 Å². The van der Waals surface area contributed by atoms with Crippen molar-refractivity contribution in [1.29, 1.82) is 0 Å². The summed E-state index contributed by atoms with van der Waals surface area (Å²) in [5.41, 5.74) is 4.38. The number of fused-ring (bicyclic) bond motifs is 3. The van der Waals surface area contributed by atoms with E-state index in [-0.39, 0.29) is 36.4 Å². The fourth-order valence-electron chi connectivity index (χ4n) is 4.87. The molecule has 1 aliphatic rings. The molecule has 1 heterocycles. The molecule has 0 unspecified atom stereocenters. The normalized spacial score (nSPS) is 19.4. The number of halogens is 1. The number of rotatable bonds is 6. The molecule has 0 saturated heterocycles. The van der Waals surface area contributed by atoms with Crippen LogP contribution in [0.15, 0.2) is 72.8 Å². The van der Waals surface area contributed by atoms with Crippen molar-refractivity contribution < 1.29 is 19.0 Å². The van der Waals surface area contributed by atoms with Gasteiger partial charge in [-0.25, -0.2) is 4.39 Å². The minimum Gasteiger partial charge on any atom is -0.394 e. The molecule has 4 rings (SSSR count). The summed E-state index contributed by atoms with van der Waals surface area (Å²) >= 11 is 0. The average Bonchev–Trinajstić information content (AvgIpc) is 2.89. The van der Waals surface area contributed by atoms with Gasteiger partial charge < -0.3 is 14.7 Å². The van der Waals surface area contributed by atoms with Crippen molar-refractivity contribution in [3.8, 4) is 11.1 Å². The molecule has 6 heteroatoms. The SMILES string of the molecule is C[C@H](CO)N1C[C@H](C)[C@H](CN(C)Cc2cccc(F)c2)OCc2ccccc2-c2ccccc2C1=O. The van der Waals surface area contributed by atoms with Crippen LogP contribution in [0.2, 0.25) is 0 Å². The number of benzene rings is 3. The van der Waals surface area contributed by atoms with Crippen molar-refractivity contribution in [2.45, 2.75) is 39.1 Å². The van der Waals surface area contributed by atoms with Crippen molar-refractivity contribution in [3.63, 3.8) is 0 Å². The number of ether oxygens (including phenoxy) is 1. The van der Waals surface area contributed by atoms with E-state index in [1.54, 1.807) is 17.0 Å². The summed E-state index contributed by atoms with van der Waals surface area (Å²) in [5, 5.41) is 9.97. The zero-order valence-corrected chi connectivity index (χ0v) is 21.2. The molecule has 1 amide bonds. The average molecular weight is 491 g/mol. The maximum Gasteiger partial charge on any atom is 0.254 e. The van der Waals surface area contributed by atoms with Crippen molar-refractivity contribution in [2.24, 2.45) is 5.92 Å². The fraction of sp³-hybridized carbons (Fsp3) is 0.367. The van der Waals surface area contributed by atoms with Crippen LogP contribution in [0, 0.1) is 11.7 Å². The fourth-order valence-corrected chi connectivity index (χ4v) is 4.87. The summed E-state index contributed by atoms with van der Waals surface area (Å²) in [4.78, 5) is 17.7. The first-order chi connectivity index (χ1) is 17.4. The zero-order chi connectivity index (χ0) is 25.7. The van der Waals surface area contributed by atoms with Crippen LogP contribution in [0.3, 0.4) is 0 Å². The summed E-state index contributed by atoms with van der Waals surface area (Å²) in [6, 6.07) is 22.0. The molecule has 0 bridgehead atoms. The van der Waals surface area contributed by atoms with Crippen LogP contribution in [0.25, 0.3) is 11.1 Å². The number of hydrogen-bond acceptors (Lipinski definition) is 4. The Morgan fingerprint density at radius 3 is 2.47 bits per heavy atom. The molecule has 0 radical (unpaired) electrons. The Balaban J connectivity index is 1.67. The van der Waals surface area contributed by atoms with E-state index in [4.69, 9.17) is 4.74 Å². The van der Waals surface area contributed by atoms with Crippen LogP contribution < -0.4 is 0 Å². The van der Waals surface area contributed by atoms with Crippen molar-refractivity contribution in [3.05, 3.63) is 95.3 Å². The van der Waals surface area contributed by atoms with E-state index >= 15 is 0 Å². The molecule has 0 aliphatic carbocycles. The van der Waals surface area contributed by atoms with E-state index in [1.807, 2.05) is 68.6 Å². The Morgan fingerprint density at radius 1 is 1.06 bits per heavy atom. The van der Waals surface area contributed by atoms with Crippen LogP contribution in [0.1, 0.15) is 35.3 Å². The van der Waals surface area contributed by atoms with Crippen molar-refractivity contribution >= 4 is 5.91 Å². The Kier molecular flexibility index (Phi) is 8.52. The van der Waals surface area contributed by atoms with E-state index in [2.05, 4.69) is 11.8 Å². The third-order valence-electron chi connectivity index (χ3n) is 6.93. The van der Waals surface area contributed by atoms with E-state index in [1.165, 1.54) is 6.07 Å². The molecular weight excluding hydrogens is 455 g/mol. The van der Waals surface area contributed by atoms with Gasteiger partial charge in [-0.3, -0.25) is 9.69 Å². The number of amides is 1. The van der Waals surface area contributed by atoms with Gasteiger partial charge in [0.05, 0.1) is 25.4 Å². The van der Waals surface area contributed by atoms with Gasteiger partial charge >= 0.3 is 0 Å². The number of nitrogens with zero attached hydrogens (tertiary/aromatic N) is 2. The summed E-state index contributed by atoms with van der Waals surface area (Å²) < 4.78 is 20.2. The van der Waals surface area contributed by atoms with E-state index in [0.717, 1.165) is 22.3 Å². The standard InChI is InChI=1S/C30H35FN2O3/c1-21-16-33(22(2)19-34)30(35)28-14-7-6-13-27(28)26-12-5-4-10-24(26)20-36-29(21)18-32(3)17-23-9-8-11-25(31)15-23/h4-15,21-22,29,34H,16-20H2,1-3H3/t21-,22+,29-/m0/s1. The van der Waals surface area contributed by atoms with Gasteiger partial charge in [0.25, 0.3) is 5.91 Å². The first kappa shape index (κ1) is 26.0. The number of hydrogen-bond donors (Lipinski definition) is 1. The molecule has 0 saturated carbocycles. The number of carbonyl (C=O) groups excluding carboxylic acids is 1. The maximum atomic E-state index is 13.9. The van der Waals surface area contributed by atoms with Crippen molar-refractivity contribution in [1.82, 2.24) is 9.80 Å². The molecule has 190 valence electrons. The highest BCUT2D eigenvalue weighted by molar-refractivity contribution is 6.01. The number of aliphatic hydroxyl groups is 1. The third kappa shape index (κ3) is 6.01. The van der Waals surface area contributed by atoms with Crippen molar-refractivity contribution in [2.75, 3.05) is 26.7 Å². The van der Waals surface area contributed by atoms with Crippen LogP contribution in [-0.4, -0.2) is 59.7 Å². The number of carbonyl (C=O) groups is 1. The van der Waals surface area contributed by atoms with E-state index < -0.39 is 0 Å². The quantitative estimate of drug-likeness (QED) is 0.529. The molecule has 36 heavy (non-hydrogen) atoms. The minimum atomic E-state index is -0.338. The van der Waals surface area contributed by atoms with Gasteiger partial charge in [0.2, 0.25) is 0 Å². The topological polar surface area (TPSA) is 53.0 Å². The smallest absolute Gasteiger partial charge is 0.254 e. The van der Waals surface area contributed by atoms with Gasteiger partial charge in [-0.15, -0.1) is 0 Å². The second kappa shape index (κ2) is 11.8. The molecule has 0 fully saturated rings. The molecule has 0 spiro atoms. The Hall–Kier alpha value is -3.06. The molecule has 1 aliphatic heterocycles. The van der Waals surface area contributed by atoms with Gasteiger partial charge in [-0.1, -0.05) is 61.5 Å². The third-order valence-corrected chi connectivity index (χ3v) is 6.93. The Bertz CT molecular complexity index is 1180. The highest BCUT2D eigenvalue weighted by Gasteiger charge is 2.30. The molecule has 5 nitrogen and oxygen atoms in total. The van der Waals surface area contributed by atoms with Gasteiger partial charge in [-0.2, -0.15) is 0 Å². The highest BCUT2D eigenvalue weighted by Crippen LogP contribution is 2.31. The molecule has 3 atom stereocenters. The van der Waals surface area contributed by atoms with Gasteiger partial charge in [0.1, 0.15) is 5.82 Å². The second-order valence-corrected chi connectivity index (χ2v) is 9.85. The number of likely N-dealkylation sites (N-methyl/N-ethyl adjacent to an activating group) is 1. The largest absolute Gasteiger partial charge is 0.394 e. The summed E-state index contributed by atoms with van der Waals surface area (Å²) in [6.45, 7) is 5.89. The lowest BCUT2D eigenvalue weighted by Crippen LogP contribution is -2.47. The van der Waals surface area contributed by atoms with Gasteiger partial charge in [0.15, 0.2) is 0 Å². The summed E-state index contributed by atoms with van der Waals surface area (Å²) in [5.74, 6) is -0.346. The maximum absolute atomic E-state index is 13.9. The molecule has 1 N–H and O–H groups in total. The van der Waals surface area contributed by atoms with E-state index in [9.17, 15) is 14.3 Å². The lowest BCUT2D eigenvalue weighted by atomic mass is 9.94.